The van der Waals surface area contributed by atoms with Gasteiger partial charge in [0, 0.05) is 12.6 Å². The minimum atomic E-state index is 0.0446. The second-order valence-corrected chi connectivity index (χ2v) is 7.23. The highest BCUT2D eigenvalue weighted by molar-refractivity contribution is 5.78. The summed E-state index contributed by atoms with van der Waals surface area (Å²) in [5, 5.41) is 3.58. The van der Waals surface area contributed by atoms with Gasteiger partial charge in [0.2, 0.25) is 0 Å². The molecule has 3 nitrogen and oxygen atoms in total. The third-order valence-corrected chi connectivity index (χ3v) is 5.43. The van der Waals surface area contributed by atoms with Crippen molar-refractivity contribution >= 4 is 0 Å². The molecule has 0 spiro atoms. The summed E-state index contributed by atoms with van der Waals surface area (Å²) in [7, 11) is 1.70. The van der Waals surface area contributed by atoms with E-state index in [9.17, 15) is 0 Å². The van der Waals surface area contributed by atoms with Crippen LogP contribution in [0.2, 0.25) is 0 Å². The quantitative estimate of drug-likeness (QED) is 0.527. The van der Waals surface area contributed by atoms with Gasteiger partial charge in [-0.1, -0.05) is 60.7 Å². The molecule has 4 rings (SSSR count). The molecule has 0 heterocycles. The van der Waals surface area contributed by atoms with Gasteiger partial charge in [-0.3, -0.25) is 0 Å². The number of nitrogens with one attached hydrogen (secondary N) is 1. The van der Waals surface area contributed by atoms with Crippen LogP contribution < -0.4 is 10.1 Å². The SMILES string of the molecule is COc1cccc([C@@H](C)NCCCOC2c3ccccc3-c3ccccc32)c1. The van der Waals surface area contributed by atoms with Gasteiger partial charge in [0.1, 0.15) is 11.9 Å². The Morgan fingerprint density at radius 3 is 2.25 bits per heavy atom. The normalized spacial score (nSPS) is 13.8. The minimum absolute atomic E-state index is 0.0446. The van der Waals surface area contributed by atoms with Crippen molar-refractivity contribution in [3.8, 4) is 16.9 Å². The van der Waals surface area contributed by atoms with Crippen molar-refractivity contribution in [3.63, 3.8) is 0 Å². The average Bonchev–Trinajstić information content (AvgIpc) is 3.07. The van der Waals surface area contributed by atoms with Crippen LogP contribution >= 0.6 is 0 Å². The second kappa shape index (κ2) is 8.59. The first-order chi connectivity index (χ1) is 13.8. The summed E-state index contributed by atoms with van der Waals surface area (Å²) in [6.45, 7) is 3.82. The monoisotopic (exact) mass is 373 g/mol. The van der Waals surface area contributed by atoms with Gasteiger partial charge in [0.05, 0.1) is 7.11 Å². The Labute approximate surface area is 167 Å². The lowest BCUT2D eigenvalue weighted by Gasteiger charge is -2.17. The number of rotatable bonds is 8. The van der Waals surface area contributed by atoms with Gasteiger partial charge in [0.15, 0.2) is 0 Å². The molecule has 0 fully saturated rings. The van der Waals surface area contributed by atoms with Crippen LogP contribution in [0.5, 0.6) is 5.75 Å². The number of fused-ring (bicyclic) bond motifs is 3. The van der Waals surface area contributed by atoms with E-state index in [0.29, 0.717) is 0 Å². The summed E-state index contributed by atoms with van der Waals surface area (Å²) in [5.41, 5.74) is 6.39. The fraction of sp³-hybridized carbons (Fsp3) is 0.280. The molecule has 1 N–H and O–H groups in total. The number of hydrogen-bond donors (Lipinski definition) is 1. The van der Waals surface area contributed by atoms with Gasteiger partial charge in [-0.2, -0.15) is 0 Å². The molecule has 1 aliphatic rings. The molecule has 1 aliphatic carbocycles. The largest absolute Gasteiger partial charge is 0.497 e. The first-order valence-corrected chi connectivity index (χ1v) is 9.95. The average molecular weight is 373 g/mol. The van der Waals surface area contributed by atoms with Gasteiger partial charge < -0.3 is 14.8 Å². The molecule has 0 saturated heterocycles. The molecule has 3 aromatic rings. The first kappa shape index (κ1) is 18.7. The third kappa shape index (κ3) is 3.82. The summed E-state index contributed by atoms with van der Waals surface area (Å²) in [4.78, 5) is 0. The van der Waals surface area contributed by atoms with Crippen molar-refractivity contribution in [1.82, 2.24) is 5.32 Å². The van der Waals surface area contributed by atoms with E-state index in [0.717, 1.165) is 25.3 Å². The molecule has 0 radical (unpaired) electrons. The number of benzene rings is 3. The maximum absolute atomic E-state index is 6.32. The van der Waals surface area contributed by atoms with Gasteiger partial charge in [-0.25, -0.2) is 0 Å². The van der Waals surface area contributed by atoms with Crippen LogP contribution in [0.4, 0.5) is 0 Å². The Hall–Kier alpha value is -2.62. The topological polar surface area (TPSA) is 30.5 Å². The van der Waals surface area contributed by atoms with Crippen molar-refractivity contribution < 1.29 is 9.47 Å². The van der Waals surface area contributed by atoms with E-state index in [1.54, 1.807) is 7.11 Å². The lowest BCUT2D eigenvalue weighted by atomic mass is 10.1. The standard InChI is InChI=1S/C25H27NO2/c1-18(19-9-7-10-20(17-19)27-2)26-15-8-16-28-25-23-13-5-3-11-21(23)22-12-4-6-14-24(22)25/h3-7,9-14,17-18,25-26H,8,15-16H2,1-2H3/t18-/m1/s1. The van der Waals surface area contributed by atoms with E-state index in [-0.39, 0.29) is 12.1 Å². The van der Waals surface area contributed by atoms with Crippen molar-refractivity contribution in [2.75, 3.05) is 20.3 Å². The highest BCUT2D eigenvalue weighted by Crippen LogP contribution is 2.44. The Bertz CT molecular complexity index is 892. The zero-order valence-electron chi connectivity index (χ0n) is 16.5. The van der Waals surface area contributed by atoms with Crippen LogP contribution in [0.3, 0.4) is 0 Å². The fourth-order valence-corrected chi connectivity index (χ4v) is 3.91. The van der Waals surface area contributed by atoms with E-state index in [1.165, 1.54) is 27.8 Å². The van der Waals surface area contributed by atoms with E-state index in [1.807, 2.05) is 12.1 Å². The molecule has 0 unspecified atom stereocenters. The zero-order valence-corrected chi connectivity index (χ0v) is 16.5. The van der Waals surface area contributed by atoms with Crippen LogP contribution in [0.25, 0.3) is 11.1 Å². The molecule has 3 heteroatoms. The molecule has 144 valence electrons. The molecule has 0 bridgehead atoms. The predicted molar refractivity (Wildman–Crippen MR) is 114 cm³/mol. The van der Waals surface area contributed by atoms with Crippen molar-refractivity contribution in [1.29, 1.82) is 0 Å². The molecule has 0 aliphatic heterocycles. The first-order valence-electron chi connectivity index (χ1n) is 9.95. The van der Waals surface area contributed by atoms with Crippen molar-refractivity contribution in [3.05, 3.63) is 89.5 Å². The fourth-order valence-electron chi connectivity index (χ4n) is 3.91. The van der Waals surface area contributed by atoms with Gasteiger partial charge >= 0.3 is 0 Å². The van der Waals surface area contributed by atoms with E-state index < -0.39 is 0 Å². The molecular weight excluding hydrogens is 346 g/mol. The highest BCUT2D eigenvalue weighted by atomic mass is 16.5. The van der Waals surface area contributed by atoms with Crippen LogP contribution in [0.15, 0.2) is 72.8 Å². The number of ether oxygens (including phenoxy) is 2. The van der Waals surface area contributed by atoms with Crippen molar-refractivity contribution in [2.45, 2.75) is 25.5 Å². The molecule has 0 amide bonds. The van der Waals surface area contributed by atoms with Gasteiger partial charge in [-0.15, -0.1) is 0 Å². The lowest BCUT2D eigenvalue weighted by Crippen LogP contribution is -2.21. The summed E-state index contributed by atoms with van der Waals surface area (Å²) < 4.78 is 11.6. The highest BCUT2D eigenvalue weighted by Gasteiger charge is 2.28. The molecule has 1 atom stereocenters. The molecule has 28 heavy (non-hydrogen) atoms. The maximum Gasteiger partial charge on any atom is 0.119 e. The van der Waals surface area contributed by atoms with E-state index in [4.69, 9.17) is 9.47 Å². The number of methoxy groups -OCH3 is 1. The minimum Gasteiger partial charge on any atom is -0.497 e. The molecule has 3 aromatic carbocycles. The third-order valence-electron chi connectivity index (χ3n) is 5.43. The van der Waals surface area contributed by atoms with Crippen LogP contribution in [-0.2, 0) is 4.74 Å². The van der Waals surface area contributed by atoms with Gasteiger partial charge in [0.25, 0.3) is 0 Å². The Morgan fingerprint density at radius 2 is 1.57 bits per heavy atom. The maximum atomic E-state index is 6.32. The summed E-state index contributed by atoms with van der Waals surface area (Å²) in [6, 6.07) is 25.6. The van der Waals surface area contributed by atoms with E-state index in [2.05, 4.69) is 72.9 Å². The smallest absolute Gasteiger partial charge is 0.119 e. The Morgan fingerprint density at radius 1 is 0.893 bits per heavy atom. The van der Waals surface area contributed by atoms with E-state index >= 15 is 0 Å². The van der Waals surface area contributed by atoms with Crippen LogP contribution in [-0.4, -0.2) is 20.3 Å². The van der Waals surface area contributed by atoms with Crippen LogP contribution in [0, 0.1) is 0 Å². The summed E-state index contributed by atoms with van der Waals surface area (Å²) in [5.74, 6) is 0.896. The summed E-state index contributed by atoms with van der Waals surface area (Å²) in [6.07, 6.45) is 1.01. The van der Waals surface area contributed by atoms with Crippen molar-refractivity contribution in [2.24, 2.45) is 0 Å². The number of hydrogen-bond acceptors (Lipinski definition) is 3. The predicted octanol–water partition coefficient (Wildman–Crippen LogP) is 5.52. The van der Waals surface area contributed by atoms with Crippen LogP contribution in [0.1, 0.15) is 42.2 Å². The second-order valence-electron chi connectivity index (χ2n) is 7.23. The van der Waals surface area contributed by atoms with Gasteiger partial charge in [-0.05, 0) is 59.8 Å². The zero-order chi connectivity index (χ0) is 19.3. The lowest BCUT2D eigenvalue weighted by molar-refractivity contribution is 0.0808. The summed E-state index contributed by atoms with van der Waals surface area (Å²) >= 11 is 0. The Balaban J connectivity index is 1.31. The Kier molecular flexibility index (Phi) is 5.75. The molecular formula is C25H27NO2. The molecule has 0 saturated carbocycles. The molecule has 0 aromatic heterocycles.